The zero-order valence-electron chi connectivity index (χ0n) is 23.9. The van der Waals surface area contributed by atoms with Crippen LogP contribution in [0.2, 0.25) is 0 Å². The minimum atomic E-state index is 0.358. The molecule has 0 spiro atoms. The third-order valence-corrected chi connectivity index (χ3v) is 8.15. The van der Waals surface area contributed by atoms with Crippen molar-refractivity contribution in [3.8, 4) is 39.7 Å². The normalized spacial score (nSPS) is 13.7. The maximum atomic E-state index is 7.24. The van der Waals surface area contributed by atoms with Crippen molar-refractivity contribution >= 4 is 16.9 Å². The van der Waals surface area contributed by atoms with E-state index < -0.39 is 0 Å². The summed E-state index contributed by atoms with van der Waals surface area (Å²) < 4.78 is 8.62. The second-order valence-corrected chi connectivity index (χ2v) is 11.0. The van der Waals surface area contributed by atoms with Crippen LogP contribution in [0.3, 0.4) is 0 Å². The molecule has 1 saturated carbocycles. The Labute approximate surface area is 249 Å². The summed E-state index contributed by atoms with van der Waals surface area (Å²) >= 11 is 0. The van der Waals surface area contributed by atoms with Gasteiger partial charge in [-0.05, 0) is 72.0 Å². The Balaban J connectivity index is 1.17. The number of rotatable bonds is 7. The SMILES string of the molecule is [C-]#[N+]c1ccc(-c2ccc(C)cc2COc2ccc(-c3nc4cc(-c5nn[nH]n5)cnc4n3C3CCCCC3)cc2)cc1. The van der Waals surface area contributed by atoms with Crippen LogP contribution in [0, 0.1) is 13.5 Å². The number of H-pyrrole nitrogens is 1. The lowest BCUT2D eigenvalue weighted by molar-refractivity contribution is 0.306. The van der Waals surface area contributed by atoms with Crippen LogP contribution in [0.1, 0.15) is 49.3 Å². The number of hydrogen-bond acceptors (Lipinski definition) is 6. The fourth-order valence-electron chi connectivity index (χ4n) is 5.98. The average molecular weight is 567 g/mol. The number of tetrazole rings is 1. The highest BCUT2D eigenvalue weighted by Crippen LogP contribution is 2.36. The predicted molar refractivity (Wildman–Crippen MR) is 165 cm³/mol. The van der Waals surface area contributed by atoms with Crippen LogP contribution < -0.4 is 4.74 Å². The fraction of sp³-hybridized carbons (Fsp3) is 0.235. The van der Waals surface area contributed by atoms with Crippen LogP contribution in [-0.2, 0) is 6.61 Å². The predicted octanol–water partition coefficient (Wildman–Crippen LogP) is 7.89. The van der Waals surface area contributed by atoms with Gasteiger partial charge < -0.3 is 9.30 Å². The van der Waals surface area contributed by atoms with Gasteiger partial charge in [0.15, 0.2) is 11.3 Å². The summed E-state index contributed by atoms with van der Waals surface area (Å²) in [4.78, 5) is 13.4. The lowest BCUT2D eigenvalue weighted by Crippen LogP contribution is -2.14. The Morgan fingerprint density at radius 3 is 2.47 bits per heavy atom. The van der Waals surface area contributed by atoms with Gasteiger partial charge >= 0.3 is 0 Å². The van der Waals surface area contributed by atoms with Gasteiger partial charge in [-0.15, -0.1) is 10.2 Å². The number of benzene rings is 3. The molecule has 0 aliphatic heterocycles. The van der Waals surface area contributed by atoms with Gasteiger partial charge in [-0.2, -0.15) is 5.21 Å². The number of ether oxygens (including phenoxy) is 1. The quantitative estimate of drug-likeness (QED) is 0.197. The van der Waals surface area contributed by atoms with Crippen LogP contribution in [0.15, 0.2) is 79.0 Å². The summed E-state index contributed by atoms with van der Waals surface area (Å²) in [6.45, 7) is 9.76. The Kier molecular flexibility index (Phi) is 7.09. The molecule has 0 bridgehead atoms. The third kappa shape index (κ3) is 5.35. The molecule has 0 saturated heterocycles. The first-order valence-electron chi connectivity index (χ1n) is 14.6. The highest BCUT2D eigenvalue weighted by Gasteiger charge is 2.24. The second-order valence-electron chi connectivity index (χ2n) is 11.0. The van der Waals surface area contributed by atoms with E-state index in [0.717, 1.165) is 63.4 Å². The van der Waals surface area contributed by atoms with Crippen molar-refractivity contribution in [1.82, 2.24) is 35.2 Å². The molecule has 9 nitrogen and oxygen atoms in total. The van der Waals surface area contributed by atoms with Crippen molar-refractivity contribution in [2.24, 2.45) is 0 Å². The molecular weight excluding hydrogens is 536 g/mol. The first kappa shape index (κ1) is 26.5. The number of fused-ring (bicyclic) bond motifs is 1. The molecule has 1 aliphatic carbocycles. The minimum absolute atomic E-state index is 0.358. The van der Waals surface area contributed by atoms with E-state index in [1.54, 1.807) is 6.20 Å². The second kappa shape index (κ2) is 11.5. The maximum absolute atomic E-state index is 7.24. The van der Waals surface area contributed by atoms with Gasteiger partial charge in [0, 0.05) is 23.4 Å². The van der Waals surface area contributed by atoms with Crippen molar-refractivity contribution in [2.75, 3.05) is 0 Å². The maximum Gasteiger partial charge on any atom is 0.206 e. The van der Waals surface area contributed by atoms with E-state index in [9.17, 15) is 0 Å². The fourth-order valence-corrected chi connectivity index (χ4v) is 5.98. The van der Waals surface area contributed by atoms with Crippen LogP contribution in [-0.4, -0.2) is 35.2 Å². The van der Waals surface area contributed by atoms with Gasteiger partial charge in [-0.25, -0.2) is 14.8 Å². The number of imidazole rings is 1. The minimum Gasteiger partial charge on any atom is -0.489 e. The summed E-state index contributed by atoms with van der Waals surface area (Å²) in [6.07, 6.45) is 7.73. The standard InChI is InChI=1S/C34H30N8O/c1-22-8-17-30(23-9-13-27(35-2)14-10-23)26(18-22)21-43-29-15-11-24(12-16-29)33-37-31-19-25(32-38-40-41-39-32)20-36-34(31)42(33)28-6-4-3-5-7-28/h8-20,28H,3-7,21H2,1H3,(H,38,39,40,41). The van der Waals surface area contributed by atoms with E-state index in [1.807, 2.05) is 42.5 Å². The molecule has 0 radical (unpaired) electrons. The number of nitrogens with one attached hydrogen (secondary N) is 1. The Morgan fingerprint density at radius 2 is 1.72 bits per heavy atom. The molecule has 1 fully saturated rings. The van der Waals surface area contributed by atoms with Crippen LogP contribution >= 0.6 is 0 Å². The summed E-state index contributed by atoms with van der Waals surface area (Å²) in [7, 11) is 0. The van der Waals surface area contributed by atoms with E-state index in [0.29, 0.717) is 24.2 Å². The number of aromatic nitrogens is 7. The summed E-state index contributed by atoms with van der Waals surface area (Å²) in [5.41, 5.74) is 8.58. The molecule has 0 atom stereocenters. The first-order valence-corrected chi connectivity index (χ1v) is 14.6. The smallest absolute Gasteiger partial charge is 0.206 e. The van der Waals surface area contributed by atoms with E-state index in [2.05, 4.69) is 67.3 Å². The number of aryl methyl sites for hydroxylation is 1. The van der Waals surface area contributed by atoms with E-state index >= 15 is 0 Å². The molecule has 0 unspecified atom stereocenters. The first-order chi connectivity index (χ1) is 21.2. The molecule has 43 heavy (non-hydrogen) atoms. The molecular formula is C34H30N8O. The van der Waals surface area contributed by atoms with Gasteiger partial charge in [0.25, 0.3) is 0 Å². The number of pyridine rings is 1. The van der Waals surface area contributed by atoms with E-state index in [4.69, 9.17) is 21.3 Å². The van der Waals surface area contributed by atoms with Crippen molar-refractivity contribution in [3.63, 3.8) is 0 Å². The summed E-state index contributed by atoms with van der Waals surface area (Å²) in [6, 6.07) is 24.6. The topological polar surface area (TPSA) is 98.8 Å². The van der Waals surface area contributed by atoms with Crippen molar-refractivity contribution in [1.29, 1.82) is 0 Å². The van der Waals surface area contributed by atoms with Gasteiger partial charge in [-0.3, -0.25) is 0 Å². The molecule has 6 aromatic rings. The average Bonchev–Trinajstić information content (AvgIpc) is 3.73. The summed E-state index contributed by atoms with van der Waals surface area (Å²) in [5, 5.41) is 14.4. The Morgan fingerprint density at radius 1 is 0.930 bits per heavy atom. The molecule has 3 heterocycles. The molecule has 1 aliphatic rings. The number of nitrogens with zero attached hydrogens (tertiary/aromatic N) is 7. The highest BCUT2D eigenvalue weighted by molar-refractivity contribution is 5.81. The molecule has 9 heteroatoms. The number of hydrogen-bond donors (Lipinski definition) is 1. The molecule has 1 N–H and O–H groups in total. The zero-order valence-corrected chi connectivity index (χ0v) is 23.9. The van der Waals surface area contributed by atoms with Crippen molar-refractivity contribution in [3.05, 3.63) is 102 Å². The monoisotopic (exact) mass is 566 g/mol. The van der Waals surface area contributed by atoms with E-state index in [1.165, 1.54) is 24.8 Å². The summed E-state index contributed by atoms with van der Waals surface area (Å²) in [5.74, 6) is 2.20. The molecule has 7 rings (SSSR count). The molecule has 0 amide bonds. The lowest BCUT2D eigenvalue weighted by atomic mass is 9.95. The largest absolute Gasteiger partial charge is 0.489 e. The van der Waals surface area contributed by atoms with Crippen molar-refractivity contribution in [2.45, 2.75) is 51.7 Å². The van der Waals surface area contributed by atoms with Crippen LogP contribution in [0.25, 0.3) is 49.9 Å². The zero-order chi connectivity index (χ0) is 29.2. The Hall–Kier alpha value is -5.36. The van der Waals surface area contributed by atoms with E-state index in [-0.39, 0.29) is 0 Å². The highest BCUT2D eigenvalue weighted by atomic mass is 16.5. The molecule has 3 aromatic heterocycles. The molecule has 3 aromatic carbocycles. The van der Waals surface area contributed by atoms with Crippen LogP contribution in [0.4, 0.5) is 5.69 Å². The van der Waals surface area contributed by atoms with Crippen molar-refractivity contribution < 1.29 is 4.74 Å². The number of aromatic amines is 1. The molecule has 212 valence electrons. The van der Waals surface area contributed by atoms with Gasteiger partial charge in [0.05, 0.1) is 6.57 Å². The van der Waals surface area contributed by atoms with Gasteiger partial charge in [0.1, 0.15) is 23.7 Å². The van der Waals surface area contributed by atoms with Gasteiger partial charge in [0.2, 0.25) is 5.82 Å². The lowest BCUT2D eigenvalue weighted by Gasteiger charge is -2.25. The Bertz CT molecular complexity index is 1910. The van der Waals surface area contributed by atoms with Gasteiger partial charge in [-0.1, -0.05) is 67.3 Å². The van der Waals surface area contributed by atoms with Crippen LogP contribution in [0.5, 0.6) is 5.75 Å². The third-order valence-electron chi connectivity index (χ3n) is 8.15.